The van der Waals surface area contributed by atoms with E-state index in [4.69, 9.17) is 5.26 Å². The van der Waals surface area contributed by atoms with Crippen LogP contribution in [-0.2, 0) is 5.41 Å². The van der Waals surface area contributed by atoms with Gasteiger partial charge in [-0.3, -0.25) is 0 Å². The molecule has 0 unspecified atom stereocenters. The van der Waals surface area contributed by atoms with Gasteiger partial charge in [0.1, 0.15) is 17.7 Å². The van der Waals surface area contributed by atoms with E-state index in [2.05, 4.69) is 51.4 Å². The number of nitriles is 1. The predicted octanol–water partition coefficient (Wildman–Crippen LogP) is 3.18. The number of aromatic nitrogens is 3. The molecule has 7 heteroatoms. The Hall–Kier alpha value is -2.20. The Balaban J connectivity index is 1.55. The average Bonchev–Trinajstić information content (AvgIpc) is 3.05. The summed E-state index contributed by atoms with van der Waals surface area (Å²) in [5.74, 6) is 1.84. The summed E-state index contributed by atoms with van der Waals surface area (Å²) in [6.45, 7) is 8.27. The second kappa shape index (κ2) is 6.73. The van der Waals surface area contributed by atoms with Crippen molar-refractivity contribution in [3.8, 4) is 6.07 Å². The molecule has 0 saturated carbocycles. The van der Waals surface area contributed by atoms with Gasteiger partial charge in [-0.1, -0.05) is 20.8 Å². The minimum atomic E-state index is -0.0128. The number of nitrogens with one attached hydrogen (secondary N) is 1. The van der Waals surface area contributed by atoms with Gasteiger partial charge in [0.15, 0.2) is 0 Å². The number of hydrogen-bond donors (Lipinski definition) is 1. The van der Waals surface area contributed by atoms with Gasteiger partial charge in [-0.05, 0) is 25.0 Å². The molecular formula is C17H22N6S. The summed E-state index contributed by atoms with van der Waals surface area (Å²) in [4.78, 5) is 11.3. The molecule has 0 spiro atoms. The fourth-order valence-corrected chi connectivity index (χ4v) is 3.49. The normalized spacial score (nSPS) is 16.0. The summed E-state index contributed by atoms with van der Waals surface area (Å²) < 4.78 is 4.45. The van der Waals surface area contributed by atoms with E-state index in [1.165, 1.54) is 11.5 Å². The maximum atomic E-state index is 8.84. The molecule has 1 saturated heterocycles. The minimum absolute atomic E-state index is 0.0128. The van der Waals surface area contributed by atoms with Crippen LogP contribution in [-0.4, -0.2) is 33.5 Å². The standard InChI is InChI=1S/C17H22N6S/c1-17(2,3)15-21-16(24-22-15)20-13-6-8-23(9-7-13)14-5-4-12(10-18)11-19-14/h4-5,11,13H,6-9H2,1-3H3,(H,20,21,22). The van der Waals surface area contributed by atoms with E-state index < -0.39 is 0 Å². The monoisotopic (exact) mass is 342 g/mol. The highest BCUT2D eigenvalue weighted by atomic mass is 32.1. The first-order valence-corrected chi connectivity index (χ1v) is 8.95. The second-order valence-corrected chi connectivity index (χ2v) is 7.85. The lowest BCUT2D eigenvalue weighted by Gasteiger charge is -2.33. The summed E-state index contributed by atoms with van der Waals surface area (Å²) in [5, 5.41) is 13.3. The molecule has 0 aromatic carbocycles. The van der Waals surface area contributed by atoms with Crippen LogP contribution in [0.25, 0.3) is 0 Å². The Labute approximate surface area is 146 Å². The highest BCUT2D eigenvalue weighted by molar-refractivity contribution is 7.09. The molecule has 1 N–H and O–H groups in total. The van der Waals surface area contributed by atoms with Crippen LogP contribution >= 0.6 is 11.5 Å². The molecule has 126 valence electrons. The lowest BCUT2D eigenvalue weighted by molar-refractivity contribution is 0.521. The number of rotatable bonds is 3. The summed E-state index contributed by atoms with van der Waals surface area (Å²) in [7, 11) is 0. The fraction of sp³-hybridized carbons (Fsp3) is 0.529. The second-order valence-electron chi connectivity index (χ2n) is 7.10. The van der Waals surface area contributed by atoms with Crippen LogP contribution < -0.4 is 10.2 Å². The topological polar surface area (TPSA) is 77.7 Å². The number of anilines is 2. The molecule has 0 radical (unpaired) electrons. The summed E-state index contributed by atoms with van der Waals surface area (Å²) in [6.07, 6.45) is 3.70. The van der Waals surface area contributed by atoms with E-state index in [-0.39, 0.29) is 5.41 Å². The molecule has 24 heavy (non-hydrogen) atoms. The van der Waals surface area contributed by atoms with Crippen molar-refractivity contribution in [3.63, 3.8) is 0 Å². The average molecular weight is 342 g/mol. The lowest BCUT2D eigenvalue weighted by Crippen LogP contribution is -2.39. The molecule has 3 rings (SSSR count). The Morgan fingerprint density at radius 2 is 2.04 bits per heavy atom. The molecule has 1 aliphatic heterocycles. The van der Waals surface area contributed by atoms with Crippen molar-refractivity contribution in [2.75, 3.05) is 23.3 Å². The van der Waals surface area contributed by atoms with Crippen LogP contribution in [0.15, 0.2) is 18.3 Å². The molecule has 0 atom stereocenters. The van der Waals surface area contributed by atoms with E-state index in [1.807, 2.05) is 12.1 Å². The van der Waals surface area contributed by atoms with Gasteiger partial charge in [0.25, 0.3) is 0 Å². The Bertz CT molecular complexity index is 717. The molecular weight excluding hydrogens is 320 g/mol. The third-order valence-electron chi connectivity index (χ3n) is 4.12. The molecule has 2 aromatic heterocycles. The van der Waals surface area contributed by atoms with Gasteiger partial charge in [0.2, 0.25) is 5.13 Å². The van der Waals surface area contributed by atoms with Crippen LogP contribution in [0.5, 0.6) is 0 Å². The quantitative estimate of drug-likeness (QED) is 0.923. The Morgan fingerprint density at radius 3 is 2.58 bits per heavy atom. The SMILES string of the molecule is CC(C)(C)c1nsc(NC2CCN(c3ccc(C#N)cn3)CC2)n1. The maximum absolute atomic E-state index is 8.84. The van der Waals surface area contributed by atoms with E-state index in [1.54, 1.807) is 6.20 Å². The zero-order valence-electron chi connectivity index (χ0n) is 14.3. The molecule has 3 heterocycles. The van der Waals surface area contributed by atoms with Crippen LogP contribution in [0.3, 0.4) is 0 Å². The van der Waals surface area contributed by atoms with E-state index >= 15 is 0 Å². The van der Waals surface area contributed by atoms with Crippen LogP contribution in [0, 0.1) is 11.3 Å². The van der Waals surface area contributed by atoms with Crippen molar-refractivity contribution >= 4 is 22.5 Å². The van der Waals surface area contributed by atoms with Crippen LogP contribution in [0.1, 0.15) is 45.0 Å². The Kier molecular flexibility index (Phi) is 4.67. The van der Waals surface area contributed by atoms with Crippen molar-refractivity contribution in [3.05, 3.63) is 29.7 Å². The number of piperidine rings is 1. The fourth-order valence-electron chi connectivity index (χ4n) is 2.65. The molecule has 6 nitrogen and oxygen atoms in total. The van der Waals surface area contributed by atoms with Crippen LogP contribution in [0.4, 0.5) is 10.9 Å². The van der Waals surface area contributed by atoms with Gasteiger partial charge < -0.3 is 10.2 Å². The van der Waals surface area contributed by atoms with Gasteiger partial charge in [-0.15, -0.1) is 0 Å². The van der Waals surface area contributed by atoms with Gasteiger partial charge in [-0.2, -0.15) is 9.64 Å². The van der Waals surface area contributed by atoms with Gasteiger partial charge in [0, 0.05) is 42.3 Å². The van der Waals surface area contributed by atoms with Crippen molar-refractivity contribution in [1.82, 2.24) is 14.3 Å². The largest absolute Gasteiger partial charge is 0.357 e. The molecule has 1 aliphatic rings. The van der Waals surface area contributed by atoms with Crippen molar-refractivity contribution in [2.24, 2.45) is 0 Å². The molecule has 0 amide bonds. The zero-order chi connectivity index (χ0) is 17.2. The first-order valence-electron chi connectivity index (χ1n) is 8.17. The zero-order valence-corrected chi connectivity index (χ0v) is 15.1. The predicted molar refractivity (Wildman–Crippen MR) is 96.4 cm³/mol. The van der Waals surface area contributed by atoms with Gasteiger partial charge in [0.05, 0.1) is 5.56 Å². The molecule has 0 bridgehead atoms. The Morgan fingerprint density at radius 1 is 1.29 bits per heavy atom. The molecule has 1 fully saturated rings. The van der Waals surface area contributed by atoms with E-state index in [9.17, 15) is 0 Å². The van der Waals surface area contributed by atoms with Crippen molar-refractivity contribution in [2.45, 2.75) is 45.1 Å². The number of hydrogen-bond acceptors (Lipinski definition) is 7. The highest BCUT2D eigenvalue weighted by Gasteiger charge is 2.23. The summed E-state index contributed by atoms with van der Waals surface area (Å²) in [5.41, 5.74) is 0.586. The van der Waals surface area contributed by atoms with Gasteiger partial charge >= 0.3 is 0 Å². The number of nitrogens with zero attached hydrogens (tertiary/aromatic N) is 5. The van der Waals surface area contributed by atoms with Crippen molar-refractivity contribution in [1.29, 1.82) is 5.26 Å². The van der Waals surface area contributed by atoms with E-state index in [0.717, 1.165) is 42.7 Å². The molecule has 0 aliphatic carbocycles. The molecule has 2 aromatic rings. The first-order chi connectivity index (χ1) is 11.5. The first kappa shape index (κ1) is 16.7. The van der Waals surface area contributed by atoms with Crippen LogP contribution in [0.2, 0.25) is 0 Å². The lowest BCUT2D eigenvalue weighted by atomic mass is 9.96. The number of pyridine rings is 1. The maximum Gasteiger partial charge on any atom is 0.202 e. The third-order valence-corrected chi connectivity index (χ3v) is 4.77. The van der Waals surface area contributed by atoms with Gasteiger partial charge in [-0.25, -0.2) is 9.97 Å². The third kappa shape index (κ3) is 3.82. The smallest absolute Gasteiger partial charge is 0.202 e. The summed E-state index contributed by atoms with van der Waals surface area (Å²) >= 11 is 1.44. The van der Waals surface area contributed by atoms with Crippen molar-refractivity contribution < 1.29 is 0 Å². The highest BCUT2D eigenvalue weighted by Crippen LogP contribution is 2.25. The summed E-state index contributed by atoms with van der Waals surface area (Å²) in [6, 6.07) is 6.26. The van der Waals surface area contributed by atoms with E-state index in [0.29, 0.717) is 11.6 Å². The minimum Gasteiger partial charge on any atom is -0.357 e.